The molecule has 1 aliphatic rings. The zero-order chi connectivity index (χ0) is 14.8. The van der Waals surface area contributed by atoms with Gasteiger partial charge in [0.05, 0.1) is 5.56 Å². The van der Waals surface area contributed by atoms with Crippen LogP contribution in [0, 0.1) is 5.82 Å². The molecule has 0 aliphatic carbocycles. The minimum absolute atomic E-state index is 0.202. The highest BCUT2D eigenvalue weighted by atomic mass is 19.1. The molecule has 3 rings (SSSR count). The van der Waals surface area contributed by atoms with Crippen molar-refractivity contribution in [3.63, 3.8) is 0 Å². The van der Waals surface area contributed by atoms with Crippen LogP contribution in [-0.4, -0.2) is 17.6 Å². The normalized spacial score (nSPS) is 13.9. The molecule has 4 heteroatoms. The van der Waals surface area contributed by atoms with Gasteiger partial charge in [-0.2, -0.15) is 0 Å². The summed E-state index contributed by atoms with van der Waals surface area (Å²) in [6.45, 7) is 1.36. The second kappa shape index (κ2) is 5.56. The Hall–Kier alpha value is -2.36. The maximum Gasteiger partial charge on any atom is 0.335 e. The van der Waals surface area contributed by atoms with Gasteiger partial charge in [0.15, 0.2) is 0 Å². The fraction of sp³-hybridized carbons (Fsp3) is 0.235. The van der Waals surface area contributed by atoms with Gasteiger partial charge in [-0.25, -0.2) is 9.18 Å². The number of hydrogen-bond acceptors (Lipinski definition) is 2. The molecule has 0 amide bonds. The summed E-state index contributed by atoms with van der Waals surface area (Å²) in [5.41, 5.74) is 3.00. The molecule has 1 N–H and O–H groups in total. The van der Waals surface area contributed by atoms with Crippen LogP contribution in [0.3, 0.4) is 0 Å². The number of carbonyl (C=O) groups is 1. The minimum Gasteiger partial charge on any atom is -0.478 e. The third-order valence-electron chi connectivity index (χ3n) is 3.86. The Morgan fingerprint density at radius 3 is 2.81 bits per heavy atom. The van der Waals surface area contributed by atoms with Gasteiger partial charge in [-0.15, -0.1) is 0 Å². The van der Waals surface area contributed by atoms with Crippen LogP contribution in [-0.2, 0) is 13.0 Å². The molecule has 0 aromatic heterocycles. The third kappa shape index (κ3) is 2.75. The number of aromatic carboxylic acids is 1. The van der Waals surface area contributed by atoms with Crippen molar-refractivity contribution in [3.8, 4) is 0 Å². The van der Waals surface area contributed by atoms with Crippen LogP contribution in [0.15, 0.2) is 42.5 Å². The fourth-order valence-corrected chi connectivity index (χ4v) is 2.80. The molecule has 2 aromatic carbocycles. The lowest BCUT2D eigenvalue weighted by Gasteiger charge is -2.31. The summed E-state index contributed by atoms with van der Waals surface area (Å²) < 4.78 is 13.8. The van der Waals surface area contributed by atoms with Crippen LogP contribution in [0.4, 0.5) is 10.1 Å². The van der Waals surface area contributed by atoms with E-state index in [1.807, 2.05) is 12.1 Å². The van der Waals surface area contributed by atoms with Gasteiger partial charge in [0, 0.05) is 24.3 Å². The first-order chi connectivity index (χ1) is 10.1. The number of halogens is 1. The maximum atomic E-state index is 13.8. The number of aryl methyl sites for hydroxylation is 1. The number of rotatable bonds is 3. The van der Waals surface area contributed by atoms with Crippen LogP contribution in [0.1, 0.15) is 27.9 Å². The van der Waals surface area contributed by atoms with E-state index in [1.54, 1.807) is 24.3 Å². The summed E-state index contributed by atoms with van der Waals surface area (Å²) >= 11 is 0. The minimum atomic E-state index is -0.913. The van der Waals surface area contributed by atoms with Crippen molar-refractivity contribution in [3.05, 3.63) is 65.0 Å². The van der Waals surface area contributed by atoms with E-state index in [-0.39, 0.29) is 5.82 Å². The molecule has 1 aliphatic heterocycles. The molecule has 1 heterocycles. The second-order valence-corrected chi connectivity index (χ2v) is 5.27. The van der Waals surface area contributed by atoms with Gasteiger partial charge in [0.25, 0.3) is 0 Å². The van der Waals surface area contributed by atoms with E-state index in [9.17, 15) is 9.18 Å². The van der Waals surface area contributed by atoms with Crippen LogP contribution in [0.2, 0.25) is 0 Å². The van der Waals surface area contributed by atoms with Crippen molar-refractivity contribution in [1.82, 2.24) is 0 Å². The lowest BCUT2D eigenvalue weighted by atomic mass is 9.98. The van der Waals surface area contributed by atoms with Gasteiger partial charge in [-0.05, 0) is 42.7 Å². The van der Waals surface area contributed by atoms with Crippen molar-refractivity contribution < 1.29 is 14.3 Å². The standard InChI is InChI=1S/C17H16FNO2/c18-15-6-2-1-4-14(15)11-19-9-3-5-12-10-13(17(20)21)7-8-16(12)19/h1-2,4,6-8,10H,3,5,9,11H2,(H,20,21). The summed E-state index contributed by atoms with van der Waals surface area (Å²) in [6.07, 6.45) is 1.81. The zero-order valence-corrected chi connectivity index (χ0v) is 11.6. The first kappa shape index (κ1) is 13.6. The Morgan fingerprint density at radius 2 is 2.05 bits per heavy atom. The van der Waals surface area contributed by atoms with Gasteiger partial charge in [0.2, 0.25) is 0 Å². The lowest BCUT2D eigenvalue weighted by Crippen LogP contribution is -2.29. The van der Waals surface area contributed by atoms with Crippen molar-refractivity contribution in [2.75, 3.05) is 11.4 Å². The van der Waals surface area contributed by atoms with Crippen LogP contribution in [0.25, 0.3) is 0 Å². The SMILES string of the molecule is O=C(O)c1ccc2c(c1)CCCN2Cc1ccccc1F. The van der Waals surface area contributed by atoms with Crippen LogP contribution >= 0.6 is 0 Å². The Bertz CT molecular complexity index is 684. The van der Waals surface area contributed by atoms with Crippen molar-refractivity contribution in [2.45, 2.75) is 19.4 Å². The first-order valence-corrected chi connectivity index (χ1v) is 7.00. The molecule has 0 bridgehead atoms. The van der Waals surface area contributed by atoms with Crippen molar-refractivity contribution >= 4 is 11.7 Å². The Kier molecular flexibility index (Phi) is 3.60. The monoisotopic (exact) mass is 285 g/mol. The lowest BCUT2D eigenvalue weighted by molar-refractivity contribution is 0.0697. The van der Waals surface area contributed by atoms with Gasteiger partial charge in [-0.3, -0.25) is 0 Å². The predicted molar refractivity (Wildman–Crippen MR) is 79.2 cm³/mol. The summed E-state index contributed by atoms with van der Waals surface area (Å²) in [6, 6.07) is 11.9. The van der Waals surface area contributed by atoms with Crippen LogP contribution < -0.4 is 4.90 Å². The second-order valence-electron chi connectivity index (χ2n) is 5.27. The smallest absolute Gasteiger partial charge is 0.335 e. The Labute approximate surface area is 122 Å². The number of carboxylic acid groups (broad SMARTS) is 1. The van der Waals surface area contributed by atoms with E-state index < -0.39 is 5.97 Å². The molecule has 0 radical (unpaired) electrons. The van der Waals surface area contributed by atoms with E-state index in [0.29, 0.717) is 17.7 Å². The molecule has 0 saturated carbocycles. The summed E-state index contributed by atoms with van der Waals surface area (Å²) in [4.78, 5) is 13.2. The molecule has 21 heavy (non-hydrogen) atoms. The number of hydrogen-bond donors (Lipinski definition) is 1. The average Bonchev–Trinajstić information content (AvgIpc) is 2.49. The fourth-order valence-electron chi connectivity index (χ4n) is 2.80. The number of carboxylic acids is 1. The van der Waals surface area contributed by atoms with Gasteiger partial charge >= 0.3 is 5.97 Å². The van der Waals surface area contributed by atoms with Crippen LogP contribution in [0.5, 0.6) is 0 Å². The molecule has 0 saturated heterocycles. The van der Waals surface area contributed by atoms with Crippen molar-refractivity contribution in [2.24, 2.45) is 0 Å². The highest BCUT2D eigenvalue weighted by molar-refractivity contribution is 5.88. The van der Waals surface area contributed by atoms with E-state index in [2.05, 4.69) is 4.90 Å². The summed E-state index contributed by atoms with van der Waals surface area (Å²) in [7, 11) is 0. The third-order valence-corrected chi connectivity index (χ3v) is 3.86. The highest BCUT2D eigenvalue weighted by Crippen LogP contribution is 2.29. The molecule has 0 spiro atoms. The summed E-state index contributed by atoms with van der Waals surface area (Å²) in [5, 5.41) is 9.06. The molecular formula is C17H16FNO2. The molecule has 0 fully saturated rings. The molecule has 3 nitrogen and oxygen atoms in total. The Balaban J connectivity index is 1.90. The Morgan fingerprint density at radius 1 is 1.24 bits per heavy atom. The molecule has 2 aromatic rings. The maximum absolute atomic E-state index is 13.8. The van der Waals surface area contributed by atoms with E-state index in [1.165, 1.54) is 6.07 Å². The quantitative estimate of drug-likeness (QED) is 0.938. The highest BCUT2D eigenvalue weighted by Gasteiger charge is 2.19. The van der Waals surface area contributed by atoms with E-state index >= 15 is 0 Å². The number of benzene rings is 2. The van der Waals surface area contributed by atoms with Gasteiger partial charge < -0.3 is 10.0 Å². The zero-order valence-electron chi connectivity index (χ0n) is 11.6. The predicted octanol–water partition coefficient (Wildman–Crippen LogP) is 3.48. The topological polar surface area (TPSA) is 40.5 Å². The first-order valence-electron chi connectivity index (χ1n) is 7.00. The van der Waals surface area contributed by atoms with Gasteiger partial charge in [-0.1, -0.05) is 18.2 Å². The number of fused-ring (bicyclic) bond motifs is 1. The largest absolute Gasteiger partial charge is 0.478 e. The van der Waals surface area contributed by atoms with E-state index in [0.717, 1.165) is 30.6 Å². The summed E-state index contributed by atoms with van der Waals surface area (Å²) in [5.74, 6) is -1.11. The molecule has 108 valence electrons. The molecule has 0 atom stereocenters. The number of anilines is 1. The van der Waals surface area contributed by atoms with E-state index in [4.69, 9.17) is 5.11 Å². The number of nitrogens with zero attached hydrogens (tertiary/aromatic N) is 1. The average molecular weight is 285 g/mol. The van der Waals surface area contributed by atoms with Crippen molar-refractivity contribution in [1.29, 1.82) is 0 Å². The molecular weight excluding hydrogens is 269 g/mol. The van der Waals surface area contributed by atoms with Gasteiger partial charge in [0.1, 0.15) is 5.82 Å². The molecule has 0 unspecified atom stereocenters.